The highest BCUT2D eigenvalue weighted by molar-refractivity contribution is 5.83. The van der Waals surface area contributed by atoms with Crippen LogP contribution in [-0.2, 0) is 14.9 Å². The van der Waals surface area contributed by atoms with E-state index in [1.165, 1.54) is 6.08 Å². The average molecular weight is 254 g/mol. The average Bonchev–Trinajstić information content (AvgIpc) is 2.28. The maximum atomic E-state index is 13.2. The van der Waals surface area contributed by atoms with Crippen molar-refractivity contribution in [3.8, 4) is 0 Å². The number of benzene rings is 1. The molecule has 1 unspecified atom stereocenters. The Morgan fingerprint density at radius 3 is 2.39 bits per heavy atom. The molecule has 4 heteroatoms. The zero-order valence-electron chi connectivity index (χ0n) is 10.5. The van der Waals surface area contributed by atoms with Crippen LogP contribution in [0.1, 0.15) is 25.8 Å². The number of hydrogen-bond acceptors (Lipinski definition) is 2. The van der Waals surface area contributed by atoms with Crippen LogP contribution in [0.25, 0.3) is 0 Å². The second-order valence-corrected chi connectivity index (χ2v) is 4.20. The van der Waals surface area contributed by atoms with Gasteiger partial charge < -0.3 is 4.74 Å². The van der Waals surface area contributed by atoms with Crippen LogP contribution in [0.5, 0.6) is 0 Å². The Balaban J connectivity index is 3.25. The molecule has 0 bridgehead atoms. The number of rotatable bonds is 5. The Kier molecular flexibility index (Phi) is 4.59. The van der Waals surface area contributed by atoms with Gasteiger partial charge in [-0.05, 0) is 38.0 Å². The number of halogens is 2. The van der Waals surface area contributed by atoms with Crippen molar-refractivity contribution in [3.63, 3.8) is 0 Å². The zero-order valence-corrected chi connectivity index (χ0v) is 10.5. The highest BCUT2D eigenvalue weighted by atomic mass is 19.1. The van der Waals surface area contributed by atoms with Gasteiger partial charge in [0.05, 0.1) is 12.0 Å². The van der Waals surface area contributed by atoms with Gasteiger partial charge >= 0.3 is 5.97 Å². The molecule has 0 radical (unpaired) electrons. The summed E-state index contributed by atoms with van der Waals surface area (Å²) in [6, 6.07) is 3.05. The molecule has 0 aliphatic rings. The van der Waals surface area contributed by atoms with E-state index >= 15 is 0 Å². The van der Waals surface area contributed by atoms with Crippen LogP contribution in [0.3, 0.4) is 0 Å². The second kappa shape index (κ2) is 5.76. The second-order valence-electron chi connectivity index (χ2n) is 4.20. The summed E-state index contributed by atoms with van der Waals surface area (Å²) >= 11 is 0. The third kappa shape index (κ3) is 2.94. The maximum Gasteiger partial charge on any atom is 0.316 e. The Labute approximate surface area is 105 Å². The lowest BCUT2D eigenvalue weighted by molar-refractivity contribution is -0.149. The highest BCUT2D eigenvalue weighted by Crippen LogP contribution is 2.30. The van der Waals surface area contributed by atoms with Gasteiger partial charge in [-0.3, -0.25) is 4.79 Å². The third-order valence-electron chi connectivity index (χ3n) is 2.78. The lowest BCUT2D eigenvalue weighted by Gasteiger charge is -2.26. The Bertz CT molecular complexity index is 437. The number of hydrogen-bond donors (Lipinski definition) is 0. The normalized spacial score (nSPS) is 13.8. The summed E-state index contributed by atoms with van der Waals surface area (Å²) in [6.45, 7) is 7.04. The number of carbonyl (C=O) groups excluding carboxylic acids is 1. The molecule has 1 aromatic rings. The van der Waals surface area contributed by atoms with Gasteiger partial charge in [0.25, 0.3) is 0 Å². The zero-order chi connectivity index (χ0) is 13.8. The van der Waals surface area contributed by atoms with E-state index < -0.39 is 23.0 Å². The first-order valence-corrected chi connectivity index (χ1v) is 5.68. The molecule has 0 N–H and O–H groups in total. The molecule has 0 spiro atoms. The Hall–Kier alpha value is -1.71. The molecule has 0 aliphatic carbocycles. The van der Waals surface area contributed by atoms with E-state index in [9.17, 15) is 13.6 Å². The fourth-order valence-electron chi connectivity index (χ4n) is 1.77. The molecule has 2 nitrogen and oxygen atoms in total. The summed E-state index contributed by atoms with van der Waals surface area (Å²) in [6.07, 6.45) is 1.77. The molecule has 0 saturated carbocycles. The van der Waals surface area contributed by atoms with Gasteiger partial charge in [-0.2, -0.15) is 0 Å². The van der Waals surface area contributed by atoms with E-state index in [1.807, 2.05) is 0 Å². The molecule has 0 fully saturated rings. The van der Waals surface area contributed by atoms with Crippen molar-refractivity contribution in [3.05, 3.63) is 48.1 Å². The molecule has 0 aliphatic heterocycles. The molecule has 98 valence electrons. The molecule has 0 amide bonds. The van der Waals surface area contributed by atoms with Gasteiger partial charge in [0, 0.05) is 6.07 Å². The first-order chi connectivity index (χ1) is 8.43. The van der Waals surface area contributed by atoms with Crippen LogP contribution in [0.4, 0.5) is 8.78 Å². The first kappa shape index (κ1) is 14.4. The Morgan fingerprint density at radius 1 is 1.39 bits per heavy atom. The van der Waals surface area contributed by atoms with E-state index in [0.29, 0.717) is 0 Å². The summed E-state index contributed by atoms with van der Waals surface area (Å²) in [7, 11) is 0. The molecule has 18 heavy (non-hydrogen) atoms. The summed E-state index contributed by atoms with van der Waals surface area (Å²) in [5.74, 6) is -1.95. The van der Waals surface area contributed by atoms with Crippen molar-refractivity contribution in [1.29, 1.82) is 0 Å². The summed E-state index contributed by atoms with van der Waals surface area (Å²) in [4.78, 5) is 12.0. The quantitative estimate of drug-likeness (QED) is 0.595. The molecule has 0 aromatic heterocycles. The molecule has 0 heterocycles. The fourth-order valence-corrected chi connectivity index (χ4v) is 1.77. The van der Waals surface area contributed by atoms with E-state index in [4.69, 9.17) is 4.74 Å². The summed E-state index contributed by atoms with van der Waals surface area (Å²) in [5.41, 5.74) is -0.876. The van der Waals surface area contributed by atoms with Crippen molar-refractivity contribution in [2.24, 2.45) is 0 Å². The number of allylic oxidation sites excluding steroid dienone is 1. The predicted molar refractivity (Wildman–Crippen MR) is 65.2 cm³/mol. The predicted octanol–water partition coefficient (Wildman–Crippen LogP) is 3.36. The molecular formula is C14H16F2O2. The summed E-state index contributed by atoms with van der Waals surface area (Å²) < 4.78 is 31.4. The van der Waals surface area contributed by atoms with Crippen LogP contribution in [0.2, 0.25) is 0 Å². The monoisotopic (exact) mass is 254 g/mol. The van der Waals surface area contributed by atoms with Gasteiger partial charge in [0.15, 0.2) is 0 Å². The number of esters is 1. The van der Waals surface area contributed by atoms with Gasteiger partial charge in [0.2, 0.25) is 0 Å². The standard InChI is InChI=1S/C14H16F2O2/c1-4-6-14(3,13(17)18-5-2)10-7-11(15)9-12(16)8-10/h4,7-9H,1,5-6H2,2-3H3. The van der Waals surface area contributed by atoms with Crippen molar-refractivity contribution in [1.82, 2.24) is 0 Å². The van der Waals surface area contributed by atoms with Crippen LogP contribution in [0, 0.1) is 11.6 Å². The molecule has 1 rings (SSSR count). The van der Waals surface area contributed by atoms with Gasteiger partial charge in [0.1, 0.15) is 11.6 Å². The molecule has 1 atom stereocenters. The topological polar surface area (TPSA) is 26.3 Å². The number of carbonyl (C=O) groups is 1. The molecule has 0 saturated heterocycles. The smallest absolute Gasteiger partial charge is 0.316 e. The van der Waals surface area contributed by atoms with Gasteiger partial charge in [-0.15, -0.1) is 6.58 Å². The molecule has 1 aromatic carbocycles. The lowest BCUT2D eigenvalue weighted by Crippen LogP contribution is -2.34. The van der Waals surface area contributed by atoms with Crippen molar-refractivity contribution < 1.29 is 18.3 Å². The maximum absolute atomic E-state index is 13.2. The number of ether oxygens (including phenoxy) is 1. The van der Waals surface area contributed by atoms with Crippen LogP contribution >= 0.6 is 0 Å². The molecular weight excluding hydrogens is 238 g/mol. The summed E-state index contributed by atoms with van der Waals surface area (Å²) in [5, 5.41) is 0. The third-order valence-corrected chi connectivity index (χ3v) is 2.78. The van der Waals surface area contributed by atoms with E-state index in [-0.39, 0.29) is 18.6 Å². The van der Waals surface area contributed by atoms with E-state index in [1.54, 1.807) is 13.8 Å². The minimum absolute atomic E-state index is 0.212. The van der Waals surface area contributed by atoms with E-state index in [0.717, 1.165) is 18.2 Å². The van der Waals surface area contributed by atoms with Crippen molar-refractivity contribution in [2.75, 3.05) is 6.61 Å². The highest BCUT2D eigenvalue weighted by Gasteiger charge is 2.36. The van der Waals surface area contributed by atoms with Gasteiger partial charge in [-0.1, -0.05) is 6.08 Å². The van der Waals surface area contributed by atoms with Crippen LogP contribution < -0.4 is 0 Å². The van der Waals surface area contributed by atoms with Crippen LogP contribution in [0.15, 0.2) is 30.9 Å². The van der Waals surface area contributed by atoms with Crippen molar-refractivity contribution in [2.45, 2.75) is 25.7 Å². The SMILES string of the molecule is C=CCC(C)(C(=O)OCC)c1cc(F)cc(F)c1. The Morgan fingerprint density at radius 2 is 1.94 bits per heavy atom. The minimum Gasteiger partial charge on any atom is -0.465 e. The minimum atomic E-state index is -1.12. The fraction of sp³-hybridized carbons (Fsp3) is 0.357. The van der Waals surface area contributed by atoms with E-state index in [2.05, 4.69) is 6.58 Å². The van der Waals surface area contributed by atoms with Crippen LogP contribution in [-0.4, -0.2) is 12.6 Å². The van der Waals surface area contributed by atoms with Gasteiger partial charge in [-0.25, -0.2) is 8.78 Å². The van der Waals surface area contributed by atoms with Crippen molar-refractivity contribution >= 4 is 5.97 Å². The first-order valence-electron chi connectivity index (χ1n) is 5.68. The lowest BCUT2D eigenvalue weighted by atomic mass is 9.79. The largest absolute Gasteiger partial charge is 0.465 e.